The summed E-state index contributed by atoms with van der Waals surface area (Å²) in [5.74, 6) is 0.600. The first-order valence-electron chi connectivity index (χ1n) is 7.07. The van der Waals surface area contributed by atoms with Crippen LogP contribution in [0.4, 0.5) is 0 Å². The van der Waals surface area contributed by atoms with E-state index in [0.717, 1.165) is 19.3 Å². The maximum absolute atomic E-state index is 10.6. The average molecular weight is 230 g/mol. The van der Waals surface area contributed by atoms with Crippen LogP contribution < -0.4 is 0 Å². The Morgan fingerprint density at radius 1 is 1.12 bits per heavy atom. The van der Waals surface area contributed by atoms with Crippen LogP contribution in [0.15, 0.2) is 24.3 Å². The van der Waals surface area contributed by atoms with Gasteiger partial charge in [-0.15, -0.1) is 0 Å². The first-order chi connectivity index (χ1) is 8.27. The zero-order valence-corrected chi connectivity index (χ0v) is 10.5. The van der Waals surface area contributed by atoms with Crippen molar-refractivity contribution in [3.8, 4) is 0 Å². The van der Waals surface area contributed by atoms with E-state index in [9.17, 15) is 5.11 Å². The molecule has 1 nitrogen and oxygen atoms in total. The number of aryl methyl sites for hydroxylation is 1. The lowest BCUT2D eigenvalue weighted by Gasteiger charge is -2.32. The minimum absolute atomic E-state index is 0.352. The number of rotatable bonds is 2. The minimum Gasteiger partial charge on any atom is -0.390 e. The molecule has 0 aromatic heterocycles. The van der Waals surface area contributed by atoms with Crippen molar-refractivity contribution >= 4 is 0 Å². The molecule has 2 aliphatic carbocycles. The molecule has 0 bridgehead atoms. The van der Waals surface area contributed by atoms with Gasteiger partial charge in [-0.25, -0.2) is 0 Å². The zero-order chi connectivity index (χ0) is 11.7. The van der Waals surface area contributed by atoms with Crippen molar-refractivity contribution in [3.63, 3.8) is 0 Å². The van der Waals surface area contributed by atoms with Crippen LogP contribution in [0.2, 0.25) is 0 Å². The lowest BCUT2D eigenvalue weighted by atomic mass is 9.76. The molecule has 0 amide bonds. The Bertz CT molecular complexity index is 390. The van der Waals surface area contributed by atoms with E-state index < -0.39 is 0 Å². The molecular formula is C16H22O. The molecule has 1 aromatic rings. The van der Waals surface area contributed by atoms with Gasteiger partial charge in [-0.3, -0.25) is 0 Å². The molecule has 0 radical (unpaired) electrons. The number of hydrogen-bond acceptors (Lipinski definition) is 1. The summed E-state index contributed by atoms with van der Waals surface area (Å²) in [5, 5.41) is 10.6. The van der Waals surface area contributed by atoms with Crippen molar-refractivity contribution in [2.45, 2.75) is 62.9 Å². The third-order valence-electron chi connectivity index (χ3n) is 4.65. The van der Waals surface area contributed by atoms with Crippen LogP contribution in [0.25, 0.3) is 0 Å². The quantitative estimate of drug-likeness (QED) is 0.819. The molecule has 0 saturated heterocycles. The molecule has 0 heterocycles. The fourth-order valence-corrected chi connectivity index (χ4v) is 3.76. The van der Waals surface area contributed by atoms with E-state index in [1.165, 1.54) is 43.2 Å². The second-order valence-corrected chi connectivity index (χ2v) is 5.92. The zero-order valence-electron chi connectivity index (χ0n) is 10.5. The van der Waals surface area contributed by atoms with Gasteiger partial charge in [0.25, 0.3) is 0 Å². The van der Waals surface area contributed by atoms with Crippen LogP contribution >= 0.6 is 0 Å². The van der Waals surface area contributed by atoms with Gasteiger partial charge in [-0.2, -0.15) is 0 Å². The molecule has 2 aliphatic rings. The maximum atomic E-state index is 10.6. The van der Waals surface area contributed by atoms with Gasteiger partial charge < -0.3 is 5.11 Å². The molecule has 17 heavy (non-hydrogen) atoms. The van der Waals surface area contributed by atoms with E-state index in [4.69, 9.17) is 0 Å². The highest BCUT2D eigenvalue weighted by Gasteiger charge is 2.35. The number of hydrogen-bond donors (Lipinski definition) is 1. The Kier molecular flexibility index (Phi) is 2.96. The fraction of sp³-hybridized carbons (Fsp3) is 0.625. The van der Waals surface area contributed by atoms with E-state index >= 15 is 0 Å². The molecule has 0 spiro atoms. The van der Waals surface area contributed by atoms with Crippen LogP contribution in [0.3, 0.4) is 0 Å². The Hall–Kier alpha value is -0.820. The molecule has 1 N–H and O–H groups in total. The van der Waals surface area contributed by atoms with Crippen LogP contribution in [-0.4, -0.2) is 10.7 Å². The SMILES string of the molecule is OC1(CC2CCCc3ccccc32)CCCC1. The fourth-order valence-electron chi connectivity index (χ4n) is 3.76. The Morgan fingerprint density at radius 3 is 2.71 bits per heavy atom. The molecule has 1 unspecified atom stereocenters. The normalized spacial score (nSPS) is 26.8. The summed E-state index contributed by atoms with van der Waals surface area (Å²) < 4.78 is 0. The molecule has 92 valence electrons. The first kappa shape index (κ1) is 11.3. The van der Waals surface area contributed by atoms with Crippen molar-refractivity contribution < 1.29 is 5.11 Å². The third-order valence-corrected chi connectivity index (χ3v) is 4.65. The summed E-state index contributed by atoms with van der Waals surface area (Å²) in [7, 11) is 0. The monoisotopic (exact) mass is 230 g/mol. The highest BCUT2D eigenvalue weighted by molar-refractivity contribution is 5.32. The van der Waals surface area contributed by atoms with Crippen molar-refractivity contribution in [3.05, 3.63) is 35.4 Å². The highest BCUT2D eigenvalue weighted by Crippen LogP contribution is 2.42. The maximum Gasteiger partial charge on any atom is 0.0653 e. The van der Waals surface area contributed by atoms with E-state index in [2.05, 4.69) is 24.3 Å². The van der Waals surface area contributed by atoms with E-state index in [0.29, 0.717) is 5.92 Å². The second kappa shape index (κ2) is 4.45. The predicted molar refractivity (Wildman–Crippen MR) is 70.2 cm³/mol. The van der Waals surface area contributed by atoms with E-state index in [1.54, 1.807) is 0 Å². The third kappa shape index (κ3) is 2.26. The van der Waals surface area contributed by atoms with Crippen LogP contribution in [0.5, 0.6) is 0 Å². The highest BCUT2D eigenvalue weighted by atomic mass is 16.3. The smallest absolute Gasteiger partial charge is 0.0653 e. The number of benzene rings is 1. The number of aliphatic hydroxyl groups is 1. The Labute approximate surface area is 104 Å². The predicted octanol–water partition coefficient (Wildman–Crippen LogP) is 3.80. The van der Waals surface area contributed by atoms with Gasteiger partial charge in [0, 0.05) is 0 Å². The first-order valence-corrected chi connectivity index (χ1v) is 7.07. The molecule has 1 heteroatoms. The van der Waals surface area contributed by atoms with Gasteiger partial charge in [-0.05, 0) is 55.6 Å². The van der Waals surface area contributed by atoms with Gasteiger partial charge in [0.1, 0.15) is 0 Å². The van der Waals surface area contributed by atoms with Gasteiger partial charge in [0.15, 0.2) is 0 Å². The summed E-state index contributed by atoms with van der Waals surface area (Å²) in [4.78, 5) is 0. The van der Waals surface area contributed by atoms with Gasteiger partial charge in [0.2, 0.25) is 0 Å². The molecule has 1 fully saturated rings. The minimum atomic E-state index is -0.352. The van der Waals surface area contributed by atoms with Crippen LogP contribution in [-0.2, 0) is 6.42 Å². The Morgan fingerprint density at radius 2 is 1.88 bits per heavy atom. The summed E-state index contributed by atoms with van der Waals surface area (Å²) in [5.41, 5.74) is 2.68. The van der Waals surface area contributed by atoms with E-state index in [1.807, 2.05) is 0 Å². The number of fused-ring (bicyclic) bond motifs is 1. The summed E-state index contributed by atoms with van der Waals surface area (Å²) in [6.45, 7) is 0. The molecule has 0 aliphatic heterocycles. The molecule has 1 atom stereocenters. The largest absolute Gasteiger partial charge is 0.390 e. The van der Waals surface area contributed by atoms with Crippen molar-refractivity contribution in [1.82, 2.24) is 0 Å². The molecule has 1 aromatic carbocycles. The standard InChI is InChI=1S/C16H22O/c17-16(10-3-4-11-16)12-14-8-5-7-13-6-1-2-9-15(13)14/h1-2,6,9,14,17H,3-5,7-8,10-12H2. The van der Waals surface area contributed by atoms with Gasteiger partial charge in [0.05, 0.1) is 5.60 Å². The average Bonchev–Trinajstić information content (AvgIpc) is 2.76. The van der Waals surface area contributed by atoms with Gasteiger partial charge >= 0.3 is 0 Å². The molecule has 1 saturated carbocycles. The summed E-state index contributed by atoms with van der Waals surface area (Å²) in [6, 6.07) is 8.83. The topological polar surface area (TPSA) is 20.2 Å². The van der Waals surface area contributed by atoms with E-state index in [-0.39, 0.29) is 5.60 Å². The molecule has 3 rings (SSSR count). The van der Waals surface area contributed by atoms with Gasteiger partial charge in [-0.1, -0.05) is 37.1 Å². The summed E-state index contributed by atoms with van der Waals surface area (Å²) >= 11 is 0. The lowest BCUT2D eigenvalue weighted by molar-refractivity contribution is 0.0298. The van der Waals surface area contributed by atoms with Crippen molar-refractivity contribution in [1.29, 1.82) is 0 Å². The van der Waals surface area contributed by atoms with Crippen LogP contribution in [0, 0.1) is 0 Å². The lowest BCUT2D eigenvalue weighted by Crippen LogP contribution is -2.28. The van der Waals surface area contributed by atoms with Crippen molar-refractivity contribution in [2.24, 2.45) is 0 Å². The van der Waals surface area contributed by atoms with Crippen molar-refractivity contribution in [2.75, 3.05) is 0 Å². The molecular weight excluding hydrogens is 208 g/mol. The second-order valence-electron chi connectivity index (χ2n) is 5.92. The Balaban J connectivity index is 1.81. The summed E-state index contributed by atoms with van der Waals surface area (Å²) in [6.07, 6.45) is 9.24. The van der Waals surface area contributed by atoms with Crippen LogP contribution in [0.1, 0.15) is 62.0 Å².